The first-order valence-corrected chi connectivity index (χ1v) is 6.00. The fourth-order valence-corrected chi connectivity index (χ4v) is 2.82. The van der Waals surface area contributed by atoms with Crippen LogP contribution < -0.4 is 5.73 Å². The lowest BCUT2D eigenvalue weighted by molar-refractivity contribution is 0.0690. The molecule has 0 amide bonds. The highest BCUT2D eigenvalue weighted by atomic mass is 15.2. The van der Waals surface area contributed by atoms with Crippen molar-refractivity contribution < 1.29 is 0 Å². The molecule has 2 nitrogen and oxygen atoms in total. The predicted molar refractivity (Wildman–Crippen MR) is 65.5 cm³/mol. The van der Waals surface area contributed by atoms with Crippen molar-refractivity contribution in [1.29, 1.82) is 0 Å². The van der Waals surface area contributed by atoms with E-state index in [4.69, 9.17) is 12.2 Å². The van der Waals surface area contributed by atoms with Crippen LogP contribution >= 0.6 is 0 Å². The van der Waals surface area contributed by atoms with E-state index in [9.17, 15) is 0 Å². The second kappa shape index (κ2) is 5.53. The molecule has 1 fully saturated rings. The molecule has 1 aliphatic carbocycles. The maximum absolute atomic E-state index is 6.33. The van der Waals surface area contributed by atoms with Gasteiger partial charge in [-0.2, -0.15) is 0 Å². The lowest BCUT2D eigenvalue weighted by atomic mass is 9.74. The van der Waals surface area contributed by atoms with Crippen molar-refractivity contribution in [2.24, 2.45) is 5.73 Å². The van der Waals surface area contributed by atoms with E-state index in [-0.39, 0.29) is 11.6 Å². The first-order chi connectivity index (χ1) is 7.13. The number of likely N-dealkylation sites (N-methyl/N-ethyl adjacent to an activating group) is 1. The Hall–Kier alpha value is -0.520. The number of hydrogen-bond acceptors (Lipinski definition) is 2. The van der Waals surface area contributed by atoms with Gasteiger partial charge in [0, 0.05) is 18.0 Å². The molecular weight excluding hydrogens is 184 g/mol. The molecule has 1 aliphatic rings. The Morgan fingerprint density at radius 1 is 1.33 bits per heavy atom. The summed E-state index contributed by atoms with van der Waals surface area (Å²) in [7, 11) is 4.31. The van der Waals surface area contributed by atoms with Gasteiger partial charge in [-0.25, -0.2) is 0 Å². The van der Waals surface area contributed by atoms with Crippen molar-refractivity contribution in [3.05, 3.63) is 0 Å². The normalized spacial score (nSPS) is 22.3. The van der Waals surface area contributed by atoms with Crippen molar-refractivity contribution in [3.8, 4) is 12.3 Å². The molecule has 0 radical (unpaired) electrons. The fourth-order valence-electron chi connectivity index (χ4n) is 2.82. The zero-order valence-corrected chi connectivity index (χ0v) is 10.1. The van der Waals surface area contributed by atoms with E-state index >= 15 is 0 Å². The van der Waals surface area contributed by atoms with Crippen LogP contribution in [0.5, 0.6) is 0 Å². The molecule has 1 atom stereocenters. The second-order valence-electron chi connectivity index (χ2n) is 4.91. The minimum absolute atomic E-state index is 0.203. The molecule has 0 bridgehead atoms. The Morgan fingerprint density at radius 3 is 2.40 bits per heavy atom. The lowest BCUT2D eigenvalue weighted by Crippen LogP contribution is -2.58. The van der Waals surface area contributed by atoms with Gasteiger partial charge in [0.25, 0.3) is 0 Å². The van der Waals surface area contributed by atoms with E-state index in [1.807, 2.05) is 0 Å². The molecule has 15 heavy (non-hydrogen) atoms. The maximum Gasteiger partial charge on any atom is 0.0354 e. The third kappa shape index (κ3) is 2.74. The highest BCUT2D eigenvalue weighted by Crippen LogP contribution is 2.35. The van der Waals surface area contributed by atoms with Crippen molar-refractivity contribution in [1.82, 2.24) is 4.90 Å². The van der Waals surface area contributed by atoms with E-state index in [2.05, 4.69) is 24.9 Å². The molecule has 2 heteroatoms. The van der Waals surface area contributed by atoms with E-state index < -0.39 is 0 Å². The van der Waals surface area contributed by atoms with Crippen LogP contribution in [-0.2, 0) is 0 Å². The number of terminal acetylenes is 1. The molecule has 0 saturated heterocycles. The molecule has 2 N–H and O–H groups in total. The van der Waals surface area contributed by atoms with Crippen LogP contribution in [0.1, 0.15) is 44.9 Å². The Balaban J connectivity index is 2.67. The van der Waals surface area contributed by atoms with Crippen molar-refractivity contribution in [3.63, 3.8) is 0 Å². The van der Waals surface area contributed by atoms with Crippen molar-refractivity contribution in [2.45, 2.75) is 56.5 Å². The van der Waals surface area contributed by atoms with Gasteiger partial charge in [0.1, 0.15) is 0 Å². The van der Waals surface area contributed by atoms with Crippen LogP contribution in [0.4, 0.5) is 0 Å². The van der Waals surface area contributed by atoms with Crippen LogP contribution in [-0.4, -0.2) is 30.6 Å². The Labute approximate surface area is 94.2 Å². The Morgan fingerprint density at radius 2 is 1.93 bits per heavy atom. The topological polar surface area (TPSA) is 29.3 Å². The summed E-state index contributed by atoms with van der Waals surface area (Å²) in [5, 5.41) is 0. The van der Waals surface area contributed by atoms with Crippen molar-refractivity contribution in [2.75, 3.05) is 14.1 Å². The fraction of sp³-hybridized carbons (Fsp3) is 0.846. The quantitative estimate of drug-likeness (QED) is 0.716. The standard InChI is InChI=1S/C13H24N2/c1-4-5-9-12(14)13(15(2)3)10-7-6-8-11-13/h1,12H,5-11,14H2,2-3H3. The van der Waals surface area contributed by atoms with Crippen molar-refractivity contribution >= 4 is 0 Å². The van der Waals surface area contributed by atoms with Gasteiger partial charge in [-0.1, -0.05) is 19.3 Å². The van der Waals surface area contributed by atoms with Gasteiger partial charge in [0.2, 0.25) is 0 Å². The van der Waals surface area contributed by atoms with Crippen LogP contribution in [0.2, 0.25) is 0 Å². The number of hydrogen-bond donors (Lipinski definition) is 1. The zero-order valence-electron chi connectivity index (χ0n) is 10.1. The monoisotopic (exact) mass is 208 g/mol. The summed E-state index contributed by atoms with van der Waals surface area (Å²) in [6.45, 7) is 0. The van der Waals surface area contributed by atoms with E-state index in [1.165, 1.54) is 32.1 Å². The third-order valence-corrected chi connectivity index (χ3v) is 3.90. The summed E-state index contributed by atoms with van der Waals surface area (Å²) < 4.78 is 0. The van der Waals surface area contributed by atoms with E-state index in [1.54, 1.807) is 0 Å². The summed E-state index contributed by atoms with van der Waals surface area (Å²) >= 11 is 0. The van der Waals surface area contributed by atoms with Gasteiger partial charge in [-0.05, 0) is 33.4 Å². The number of nitrogens with two attached hydrogens (primary N) is 1. The average Bonchev–Trinajstić information content (AvgIpc) is 2.26. The molecule has 1 unspecified atom stereocenters. The predicted octanol–water partition coefficient (Wildman–Crippen LogP) is 1.99. The first kappa shape index (κ1) is 12.5. The zero-order chi connectivity index (χ0) is 11.3. The number of nitrogens with zero attached hydrogens (tertiary/aromatic N) is 1. The molecule has 86 valence electrons. The molecule has 0 aromatic carbocycles. The minimum Gasteiger partial charge on any atom is -0.326 e. The van der Waals surface area contributed by atoms with Crippen LogP contribution in [0, 0.1) is 12.3 Å². The molecular formula is C13H24N2. The van der Waals surface area contributed by atoms with Gasteiger partial charge in [0.05, 0.1) is 0 Å². The molecule has 0 aromatic heterocycles. The second-order valence-corrected chi connectivity index (χ2v) is 4.91. The Bertz CT molecular complexity index is 221. The summed E-state index contributed by atoms with van der Waals surface area (Å²) in [6.07, 6.45) is 13.5. The lowest BCUT2D eigenvalue weighted by Gasteiger charge is -2.47. The SMILES string of the molecule is C#CCCC(N)C1(N(C)C)CCCCC1. The molecule has 1 rings (SSSR count). The average molecular weight is 208 g/mol. The maximum atomic E-state index is 6.33. The minimum atomic E-state index is 0.203. The summed E-state index contributed by atoms with van der Waals surface area (Å²) in [6, 6.07) is 0.226. The van der Waals surface area contributed by atoms with Crippen LogP contribution in [0.25, 0.3) is 0 Å². The highest BCUT2D eigenvalue weighted by molar-refractivity contribution is 5.00. The van der Waals surface area contributed by atoms with Crippen LogP contribution in [0.15, 0.2) is 0 Å². The summed E-state index contributed by atoms with van der Waals surface area (Å²) in [4.78, 5) is 2.33. The molecule has 0 aromatic rings. The van der Waals surface area contributed by atoms with Gasteiger partial charge in [0.15, 0.2) is 0 Å². The van der Waals surface area contributed by atoms with Crippen LogP contribution in [0.3, 0.4) is 0 Å². The molecule has 0 aliphatic heterocycles. The van der Waals surface area contributed by atoms with Gasteiger partial charge < -0.3 is 10.6 Å². The van der Waals surface area contributed by atoms with Gasteiger partial charge in [-0.15, -0.1) is 12.3 Å². The Kier molecular flexibility index (Phi) is 4.63. The van der Waals surface area contributed by atoms with Gasteiger partial charge >= 0.3 is 0 Å². The highest BCUT2D eigenvalue weighted by Gasteiger charge is 2.39. The smallest absolute Gasteiger partial charge is 0.0354 e. The first-order valence-electron chi connectivity index (χ1n) is 6.00. The number of rotatable bonds is 4. The summed E-state index contributed by atoms with van der Waals surface area (Å²) in [5.74, 6) is 2.70. The van der Waals surface area contributed by atoms with E-state index in [0.29, 0.717) is 0 Å². The molecule has 0 heterocycles. The van der Waals surface area contributed by atoms with E-state index in [0.717, 1.165) is 12.8 Å². The molecule has 0 spiro atoms. The largest absolute Gasteiger partial charge is 0.326 e. The van der Waals surface area contributed by atoms with Gasteiger partial charge in [-0.3, -0.25) is 0 Å². The third-order valence-electron chi connectivity index (χ3n) is 3.90. The summed E-state index contributed by atoms with van der Waals surface area (Å²) in [5.41, 5.74) is 6.54. The molecule has 1 saturated carbocycles.